The molecule has 0 radical (unpaired) electrons. The topological polar surface area (TPSA) is 101 Å². The molecule has 0 saturated carbocycles. The number of nitrogens with zero attached hydrogens (tertiary/aromatic N) is 1. The summed E-state index contributed by atoms with van der Waals surface area (Å²) in [5.41, 5.74) is -0.987. The lowest BCUT2D eigenvalue weighted by atomic mass is 10.1. The molecule has 2 aromatic carbocycles. The van der Waals surface area contributed by atoms with Crippen LogP contribution in [0.5, 0.6) is 11.6 Å². The highest BCUT2D eigenvalue weighted by atomic mass is 19.4. The van der Waals surface area contributed by atoms with E-state index in [-0.39, 0.29) is 17.0 Å². The highest BCUT2D eigenvalue weighted by molar-refractivity contribution is 6.06. The Kier molecular flexibility index (Phi) is 6.58. The smallest absolute Gasteiger partial charge is 0.433 e. The van der Waals surface area contributed by atoms with E-state index in [4.69, 9.17) is 9.94 Å². The third kappa shape index (κ3) is 5.41. The quantitative estimate of drug-likeness (QED) is 0.283. The van der Waals surface area contributed by atoms with E-state index in [1.807, 2.05) is 0 Å². The minimum Gasteiger partial charge on any atom is -0.438 e. The Labute approximate surface area is 182 Å². The molecule has 0 atom stereocenters. The first-order chi connectivity index (χ1) is 15.5. The van der Waals surface area contributed by atoms with Crippen molar-refractivity contribution in [1.82, 2.24) is 10.5 Å². The molecule has 33 heavy (non-hydrogen) atoms. The summed E-state index contributed by atoms with van der Waals surface area (Å²) < 4.78 is 71.9. The van der Waals surface area contributed by atoms with E-state index in [1.54, 1.807) is 0 Å². The van der Waals surface area contributed by atoms with Gasteiger partial charge in [-0.05, 0) is 61.0 Å². The Morgan fingerprint density at radius 3 is 2.33 bits per heavy atom. The number of ether oxygens (including phenoxy) is 1. The number of carbonyl (C=O) groups excluding carboxylic acids is 2. The Bertz CT molecular complexity index is 1230. The van der Waals surface area contributed by atoms with Crippen LogP contribution in [0.3, 0.4) is 0 Å². The molecular weight excluding hydrogens is 453 g/mol. The minimum atomic E-state index is -4.84. The number of halogens is 5. The number of carbonyl (C=O) groups is 2. The largest absolute Gasteiger partial charge is 0.438 e. The summed E-state index contributed by atoms with van der Waals surface area (Å²) >= 11 is 0. The SMILES string of the molecule is Cc1cc(F)ccc1Oc1nc(C(F)(F)F)ccc1C(=O)Nc1ccc(F)c(C(=O)NO)c1. The zero-order valence-corrected chi connectivity index (χ0v) is 16.6. The number of aryl methyl sites for hydroxylation is 1. The molecule has 0 fully saturated rings. The zero-order valence-electron chi connectivity index (χ0n) is 16.6. The number of alkyl halides is 3. The van der Waals surface area contributed by atoms with Crippen LogP contribution < -0.4 is 15.5 Å². The average Bonchev–Trinajstić information content (AvgIpc) is 2.75. The number of hydrogen-bond acceptors (Lipinski definition) is 5. The van der Waals surface area contributed by atoms with Crippen molar-refractivity contribution in [2.45, 2.75) is 13.1 Å². The molecule has 3 aromatic rings. The molecular formula is C21H14F5N3O4. The van der Waals surface area contributed by atoms with Crippen molar-refractivity contribution in [3.05, 3.63) is 82.5 Å². The van der Waals surface area contributed by atoms with Crippen LogP contribution >= 0.6 is 0 Å². The number of amides is 2. The second kappa shape index (κ2) is 9.20. The lowest BCUT2D eigenvalue weighted by molar-refractivity contribution is -0.141. The predicted octanol–water partition coefficient (Wildman–Crippen LogP) is 4.85. The minimum absolute atomic E-state index is 0.0408. The average molecular weight is 467 g/mol. The van der Waals surface area contributed by atoms with Crippen LogP contribution in [0.15, 0.2) is 48.5 Å². The van der Waals surface area contributed by atoms with Gasteiger partial charge < -0.3 is 10.1 Å². The van der Waals surface area contributed by atoms with E-state index in [9.17, 15) is 31.5 Å². The monoisotopic (exact) mass is 467 g/mol. The van der Waals surface area contributed by atoms with Gasteiger partial charge in [0.05, 0.1) is 5.56 Å². The fraction of sp³-hybridized carbons (Fsp3) is 0.0952. The van der Waals surface area contributed by atoms with E-state index >= 15 is 0 Å². The van der Waals surface area contributed by atoms with Crippen LogP contribution in [0.25, 0.3) is 0 Å². The van der Waals surface area contributed by atoms with Gasteiger partial charge in [-0.25, -0.2) is 19.2 Å². The van der Waals surface area contributed by atoms with Crippen LogP contribution in [0.1, 0.15) is 32.0 Å². The molecule has 1 aromatic heterocycles. The summed E-state index contributed by atoms with van der Waals surface area (Å²) in [4.78, 5) is 27.6. The van der Waals surface area contributed by atoms with Gasteiger partial charge >= 0.3 is 6.18 Å². The predicted molar refractivity (Wildman–Crippen MR) is 104 cm³/mol. The van der Waals surface area contributed by atoms with Crippen LogP contribution in [0.4, 0.5) is 27.6 Å². The van der Waals surface area contributed by atoms with Gasteiger partial charge in [0, 0.05) is 5.69 Å². The Morgan fingerprint density at radius 1 is 0.970 bits per heavy atom. The molecule has 12 heteroatoms. The van der Waals surface area contributed by atoms with Crippen molar-refractivity contribution in [2.75, 3.05) is 5.32 Å². The van der Waals surface area contributed by atoms with Crippen molar-refractivity contribution in [3.63, 3.8) is 0 Å². The first kappa shape index (κ1) is 23.6. The second-order valence-electron chi connectivity index (χ2n) is 6.65. The van der Waals surface area contributed by atoms with Gasteiger partial charge in [0.1, 0.15) is 28.6 Å². The van der Waals surface area contributed by atoms with Crippen LogP contribution in [0, 0.1) is 18.6 Å². The van der Waals surface area contributed by atoms with Crippen molar-refractivity contribution in [3.8, 4) is 11.6 Å². The molecule has 0 aliphatic carbocycles. The molecule has 2 amide bonds. The summed E-state index contributed by atoms with van der Waals surface area (Å²) in [6.07, 6.45) is -4.84. The molecule has 0 unspecified atom stereocenters. The lowest BCUT2D eigenvalue weighted by Gasteiger charge is -2.15. The second-order valence-corrected chi connectivity index (χ2v) is 6.65. The van der Waals surface area contributed by atoms with Crippen molar-refractivity contribution in [1.29, 1.82) is 0 Å². The Hall–Kier alpha value is -4.06. The van der Waals surface area contributed by atoms with Gasteiger partial charge in [0.25, 0.3) is 11.8 Å². The molecule has 0 saturated heterocycles. The maximum atomic E-state index is 13.7. The highest BCUT2D eigenvalue weighted by Crippen LogP contribution is 2.33. The fourth-order valence-corrected chi connectivity index (χ4v) is 2.72. The van der Waals surface area contributed by atoms with Crippen molar-refractivity contribution < 1.29 is 41.5 Å². The number of anilines is 1. The first-order valence-electron chi connectivity index (χ1n) is 9.07. The fourth-order valence-electron chi connectivity index (χ4n) is 2.72. The van der Waals surface area contributed by atoms with Crippen LogP contribution in [-0.4, -0.2) is 22.0 Å². The molecule has 0 aliphatic rings. The highest BCUT2D eigenvalue weighted by Gasteiger charge is 2.34. The molecule has 3 N–H and O–H groups in total. The molecule has 0 aliphatic heterocycles. The van der Waals surface area contributed by atoms with Gasteiger partial charge in [0.15, 0.2) is 0 Å². The molecule has 3 rings (SSSR count). The Balaban J connectivity index is 1.99. The molecule has 1 heterocycles. The number of hydroxylamine groups is 1. The summed E-state index contributed by atoms with van der Waals surface area (Å²) in [6, 6.07) is 7.47. The van der Waals surface area contributed by atoms with Crippen LogP contribution in [-0.2, 0) is 6.18 Å². The normalized spacial score (nSPS) is 11.1. The van der Waals surface area contributed by atoms with Gasteiger partial charge in [-0.2, -0.15) is 13.2 Å². The van der Waals surface area contributed by atoms with E-state index in [1.165, 1.54) is 12.4 Å². The standard InChI is InChI=1S/C21H14F5N3O4/c1-10-8-11(22)2-6-16(10)33-20-13(4-7-17(28-20)21(24,25)26)18(30)27-12-3-5-15(23)14(9-12)19(31)29-32/h2-9,32H,1H3,(H,27,30)(H,29,31). The van der Waals surface area contributed by atoms with Crippen LogP contribution in [0.2, 0.25) is 0 Å². The molecule has 7 nitrogen and oxygen atoms in total. The summed E-state index contributed by atoms with van der Waals surface area (Å²) in [6.45, 7) is 1.44. The van der Waals surface area contributed by atoms with E-state index < -0.39 is 52.3 Å². The van der Waals surface area contributed by atoms with Crippen molar-refractivity contribution >= 4 is 17.5 Å². The van der Waals surface area contributed by atoms with Gasteiger partial charge in [0.2, 0.25) is 5.88 Å². The molecule has 172 valence electrons. The van der Waals surface area contributed by atoms with E-state index in [2.05, 4.69) is 10.3 Å². The maximum Gasteiger partial charge on any atom is 0.433 e. The van der Waals surface area contributed by atoms with E-state index in [0.717, 1.165) is 42.5 Å². The third-order valence-corrected chi connectivity index (χ3v) is 4.31. The van der Waals surface area contributed by atoms with E-state index in [0.29, 0.717) is 6.07 Å². The number of benzene rings is 2. The number of rotatable bonds is 5. The maximum absolute atomic E-state index is 13.7. The number of nitrogens with one attached hydrogen (secondary N) is 2. The number of hydrogen-bond donors (Lipinski definition) is 3. The van der Waals surface area contributed by atoms with Gasteiger partial charge in [-0.1, -0.05) is 0 Å². The third-order valence-electron chi connectivity index (χ3n) is 4.31. The van der Waals surface area contributed by atoms with Crippen molar-refractivity contribution in [2.24, 2.45) is 0 Å². The summed E-state index contributed by atoms with van der Waals surface area (Å²) in [5.74, 6) is -4.53. The first-order valence-corrected chi connectivity index (χ1v) is 9.07. The molecule has 0 spiro atoms. The number of pyridine rings is 1. The van der Waals surface area contributed by atoms with Gasteiger partial charge in [-0.15, -0.1) is 0 Å². The number of aromatic nitrogens is 1. The summed E-state index contributed by atoms with van der Waals surface area (Å²) in [7, 11) is 0. The Morgan fingerprint density at radius 2 is 1.70 bits per heavy atom. The zero-order chi connectivity index (χ0) is 24.3. The summed E-state index contributed by atoms with van der Waals surface area (Å²) in [5, 5.41) is 11.0. The van der Waals surface area contributed by atoms with Gasteiger partial charge in [-0.3, -0.25) is 14.8 Å². The molecule has 0 bridgehead atoms. The lowest BCUT2D eigenvalue weighted by Crippen LogP contribution is -2.21.